The van der Waals surface area contributed by atoms with Gasteiger partial charge in [0.2, 0.25) is 0 Å². The van der Waals surface area contributed by atoms with Crippen molar-refractivity contribution in [2.24, 2.45) is 0 Å². The van der Waals surface area contributed by atoms with E-state index in [-0.39, 0.29) is 16.7 Å². The van der Waals surface area contributed by atoms with Gasteiger partial charge in [-0.2, -0.15) is 0 Å². The fourth-order valence-corrected chi connectivity index (χ4v) is 2.32. The first-order valence-electron chi connectivity index (χ1n) is 6.30. The summed E-state index contributed by atoms with van der Waals surface area (Å²) in [6.45, 7) is 3.84. The summed E-state index contributed by atoms with van der Waals surface area (Å²) >= 11 is 3.25. The zero-order valence-corrected chi connectivity index (χ0v) is 12.8. The molecule has 1 heterocycles. The van der Waals surface area contributed by atoms with Gasteiger partial charge in [-0.3, -0.25) is 10.1 Å². The fourth-order valence-electron chi connectivity index (χ4n) is 2.00. The molecule has 1 aromatic carbocycles. The predicted molar refractivity (Wildman–Crippen MR) is 80.9 cm³/mol. The van der Waals surface area contributed by atoms with Crippen molar-refractivity contribution in [3.8, 4) is 0 Å². The van der Waals surface area contributed by atoms with E-state index in [0.717, 1.165) is 11.3 Å². The molecule has 0 saturated carbocycles. The van der Waals surface area contributed by atoms with Crippen LogP contribution in [0.15, 0.2) is 39.4 Å². The van der Waals surface area contributed by atoms with Gasteiger partial charge in [-0.05, 0) is 47.5 Å². The van der Waals surface area contributed by atoms with Crippen molar-refractivity contribution in [3.05, 3.63) is 56.4 Å². The first kappa shape index (κ1) is 14.6. The van der Waals surface area contributed by atoms with Crippen LogP contribution in [0.5, 0.6) is 0 Å². The van der Waals surface area contributed by atoms with Crippen LogP contribution < -0.4 is 5.32 Å². The summed E-state index contributed by atoms with van der Waals surface area (Å²) < 4.78 is 6.12. The van der Waals surface area contributed by atoms with E-state index < -0.39 is 0 Å². The number of nitro groups is 1. The van der Waals surface area contributed by atoms with Gasteiger partial charge in [-0.1, -0.05) is 13.0 Å². The summed E-state index contributed by atoms with van der Waals surface area (Å²) in [5.41, 5.74) is 1.58. The third-order valence-electron chi connectivity index (χ3n) is 3.07. The Hall–Kier alpha value is -1.82. The number of hydrogen-bond donors (Lipinski definition) is 1. The summed E-state index contributed by atoms with van der Waals surface area (Å²) in [5.74, 6) is 0.763. The number of nitrogens with one attached hydrogen (secondary N) is 1. The number of furan rings is 1. The topological polar surface area (TPSA) is 68.3 Å². The second kappa shape index (κ2) is 6.09. The zero-order chi connectivity index (χ0) is 14.7. The number of rotatable bonds is 5. The fraction of sp³-hybridized carbons (Fsp3) is 0.286. The molecule has 1 atom stereocenters. The summed E-state index contributed by atoms with van der Waals surface area (Å²) in [7, 11) is 0. The molecular formula is C14H15BrN2O3. The van der Waals surface area contributed by atoms with E-state index in [9.17, 15) is 10.1 Å². The molecule has 5 nitrogen and oxygen atoms in total. The quantitative estimate of drug-likeness (QED) is 0.634. The van der Waals surface area contributed by atoms with Crippen LogP contribution in [0.3, 0.4) is 0 Å². The third-order valence-corrected chi connectivity index (χ3v) is 3.49. The molecule has 0 aliphatic carbocycles. The third kappa shape index (κ3) is 3.19. The minimum Gasteiger partial charge on any atom is -0.452 e. The van der Waals surface area contributed by atoms with Gasteiger partial charge in [0.15, 0.2) is 4.67 Å². The molecule has 6 heteroatoms. The Morgan fingerprint density at radius 3 is 2.70 bits per heavy atom. The molecule has 0 aliphatic heterocycles. The van der Waals surface area contributed by atoms with E-state index in [2.05, 4.69) is 21.2 Å². The molecule has 2 aromatic rings. The summed E-state index contributed by atoms with van der Waals surface area (Å²) in [4.78, 5) is 10.7. The Morgan fingerprint density at radius 1 is 1.40 bits per heavy atom. The number of nitrogens with zero attached hydrogens (tertiary/aromatic N) is 1. The Morgan fingerprint density at radius 2 is 2.15 bits per heavy atom. The van der Waals surface area contributed by atoms with Gasteiger partial charge in [0, 0.05) is 17.3 Å². The van der Waals surface area contributed by atoms with E-state index in [1.807, 2.05) is 32.0 Å². The van der Waals surface area contributed by atoms with Crippen molar-refractivity contribution in [1.29, 1.82) is 0 Å². The van der Waals surface area contributed by atoms with Gasteiger partial charge in [-0.15, -0.1) is 0 Å². The summed E-state index contributed by atoms with van der Waals surface area (Å²) in [5, 5.41) is 14.2. The molecule has 1 unspecified atom stereocenters. The molecule has 0 saturated heterocycles. The van der Waals surface area contributed by atoms with Gasteiger partial charge in [0.05, 0.1) is 11.0 Å². The van der Waals surface area contributed by atoms with Gasteiger partial charge in [0.25, 0.3) is 5.69 Å². The van der Waals surface area contributed by atoms with E-state index in [1.54, 1.807) is 12.1 Å². The number of benzene rings is 1. The maximum atomic E-state index is 11.0. The summed E-state index contributed by atoms with van der Waals surface area (Å²) in [6, 6.07) is 8.79. The minimum absolute atomic E-state index is 0.0756. The Kier molecular flexibility index (Phi) is 4.44. The summed E-state index contributed by atoms with van der Waals surface area (Å²) in [6.07, 6.45) is 0.636. The Bertz CT molecular complexity index is 625. The van der Waals surface area contributed by atoms with Crippen molar-refractivity contribution >= 4 is 27.3 Å². The lowest BCUT2D eigenvalue weighted by Gasteiger charge is -2.13. The van der Waals surface area contributed by atoms with Gasteiger partial charge >= 0.3 is 0 Å². The number of halogens is 1. The lowest BCUT2D eigenvalue weighted by atomic mass is 10.1. The SMILES string of the molecule is CCc1ccc(NC(C)c2ccc(Br)o2)cc1[N+](=O)[O-]. The van der Waals surface area contributed by atoms with Crippen molar-refractivity contribution in [2.75, 3.05) is 5.32 Å². The van der Waals surface area contributed by atoms with Crippen molar-refractivity contribution in [1.82, 2.24) is 0 Å². The largest absolute Gasteiger partial charge is 0.452 e. The second-order valence-corrected chi connectivity index (χ2v) is 5.24. The zero-order valence-electron chi connectivity index (χ0n) is 11.2. The van der Waals surface area contributed by atoms with Crippen LogP contribution in [0.2, 0.25) is 0 Å². The average Bonchev–Trinajstić information content (AvgIpc) is 2.85. The van der Waals surface area contributed by atoms with E-state index in [0.29, 0.717) is 16.8 Å². The van der Waals surface area contributed by atoms with Crippen LogP contribution in [-0.2, 0) is 6.42 Å². The standard InChI is InChI=1S/C14H15BrN2O3/c1-3-10-4-5-11(8-12(10)17(18)19)16-9(2)13-6-7-14(15)20-13/h4-9,16H,3H2,1-2H3. The maximum absolute atomic E-state index is 11.0. The Balaban J connectivity index is 2.21. The van der Waals surface area contributed by atoms with Crippen molar-refractivity contribution in [3.63, 3.8) is 0 Å². The molecule has 20 heavy (non-hydrogen) atoms. The van der Waals surface area contributed by atoms with Crippen molar-refractivity contribution < 1.29 is 9.34 Å². The van der Waals surface area contributed by atoms with E-state index in [1.165, 1.54) is 0 Å². The second-order valence-electron chi connectivity index (χ2n) is 4.46. The molecular weight excluding hydrogens is 324 g/mol. The molecule has 0 spiro atoms. The molecule has 0 aliphatic rings. The number of hydrogen-bond acceptors (Lipinski definition) is 4. The Labute approximate surface area is 125 Å². The van der Waals surface area contributed by atoms with E-state index >= 15 is 0 Å². The molecule has 0 bridgehead atoms. The molecule has 1 N–H and O–H groups in total. The highest BCUT2D eigenvalue weighted by Crippen LogP contribution is 2.27. The molecule has 106 valence electrons. The minimum atomic E-state index is -0.349. The van der Waals surface area contributed by atoms with Gasteiger partial charge < -0.3 is 9.73 Å². The van der Waals surface area contributed by atoms with Crippen LogP contribution in [-0.4, -0.2) is 4.92 Å². The lowest BCUT2D eigenvalue weighted by Crippen LogP contribution is -2.06. The van der Waals surface area contributed by atoms with Gasteiger partial charge in [0.1, 0.15) is 5.76 Å². The highest BCUT2D eigenvalue weighted by molar-refractivity contribution is 9.10. The van der Waals surface area contributed by atoms with Crippen LogP contribution in [0.1, 0.15) is 31.2 Å². The molecule has 2 rings (SSSR count). The van der Waals surface area contributed by atoms with Crippen LogP contribution in [0.25, 0.3) is 0 Å². The number of nitro benzene ring substituents is 1. The van der Waals surface area contributed by atoms with Gasteiger partial charge in [-0.25, -0.2) is 0 Å². The van der Waals surface area contributed by atoms with Crippen molar-refractivity contribution in [2.45, 2.75) is 26.3 Å². The first-order chi connectivity index (χ1) is 9.51. The average molecular weight is 339 g/mol. The van der Waals surface area contributed by atoms with E-state index in [4.69, 9.17) is 4.42 Å². The lowest BCUT2D eigenvalue weighted by molar-refractivity contribution is -0.385. The molecule has 0 fully saturated rings. The monoisotopic (exact) mass is 338 g/mol. The number of aryl methyl sites for hydroxylation is 1. The van der Waals surface area contributed by atoms with Crippen LogP contribution in [0, 0.1) is 10.1 Å². The van der Waals surface area contributed by atoms with Crippen LogP contribution in [0.4, 0.5) is 11.4 Å². The molecule has 0 amide bonds. The smallest absolute Gasteiger partial charge is 0.274 e. The highest BCUT2D eigenvalue weighted by atomic mass is 79.9. The highest BCUT2D eigenvalue weighted by Gasteiger charge is 2.15. The number of anilines is 1. The molecule has 1 aromatic heterocycles. The molecule has 0 radical (unpaired) electrons. The van der Waals surface area contributed by atoms with Crippen LogP contribution >= 0.6 is 15.9 Å². The first-order valence-corrected chi connectivity index (χ1v) is 7.09. The predicted octanol–water partition coefficient (Wildman–Crippen LogP) is 4.69. The normalized spacial score (nSPS) is 12.2. The maximum Gasteiger partial charge on any atom is 0.274 e.